The maximum absolute atomic E-state index is 12.1. The van der Waals surface area contributed by atoms with Crippen molar-refractivity contribution in [2.75, 3.05) is 20.2 Å². The second-order valence-corrected chi connectivity index (χ2v) is 3.83. The number of carbonyl (C=O) groups is 2. The lowest BCUT2D eigenvalue weighted by molar-refractivity contribution is -0.147. The van der Waals surface area contributed by atoms with E-state index in [4.69, 9.17) is 4.74 Å². The van der Waals surface area contributed by atoms with Crippen LogP contribution in [0.15, 0.2) is 18.3 Å². The van der Waals surface area contributed by atoms with Crippen LogP contribution in [0.5, 0.6) is 0 Å². The monoisotopic (exact) mass is 237 g/mol. The van der Waals surface area contributed by atoms with Gasteiger partial charge < -0.3 is 4.74 Å². The fraction of sp³-hybridized carbons (Fsp3) is 0.455. The highest BCUT2D eigenvalue weighted by Crippen LogP contribution is 2.15. The molecular formula is C11H15N3O3. The number of esters is 1. The van der Waals surface area contributed by atoms with E-state index in [0.29, 0.717) is 13.2 Å². The Balaban J connectivity index is 2.14. The summed E-state index contributed by atoms with van der Waals surface area (Å²) in [5, 5.41) is 3.10. The van der Waals surface area contributed by atoms with E-state index in [-0.39, 0.29) is 12.6 Å². The van der Waals surface area contributed by atoms with Gasteiger partial charge >= 0.3 is 12.0 Å². The number of amides is 1. The molecule has 2 heterocycles. The van der Waals surface area contributed by atoms with E-state index in [0.717, 1.165) is 5.69 Å². The summed E-state index contributed by atoms with van der Waals surface area (Å²) in [6.45, 7) is 2.60. The van der Waals surface area contributed by atoms with Crippen molar-refractivity contribution in [3.63, 3.8) is 0 Å². The number of ether oxygens (including phenoxy) is 1. The summed E-state index contributed by atoms with van der Waals surface area (Å²) in [6, 6.07) is 3.47. The zero-order valence-corrected chi connectivity index (χ0v) is 9.92. The third-order valence-corrected chi connectivity index (χ3v) is 2.65. The van der Waals surface area contributed by atoms with E-state index in [1.165, 1.54) is 5.01 Å². The third-order valence-electron chi connectivity index (χ3n) is 2.65. The van der Waals surface area contributed by atoms with Gasteiger partial charge in [0.2, 0.25) is 0 Å². The molecule has 0 saturated carbocycles. The average molecular weight is 237 g/mol. The summed E-state index contributed by atoms with van der Waals surface area (Å²) < 4.78 is 6.38. The average Bonchev–Trinajstić information content (AvgIpc) is 2.72. The van der Waals surface area contributed by atoms with E-state index in [2.05, 4.69) is 0 Å². The van der Waals surface area contributed by atoms with Gasteiger partial charge in [0.05, 0.1) is 13.2 Å². The maximum Gasteiger partial charge on any atom is 0.343 e. The Morgan fingerprint density at radius 1 is 1.53 bits per heavy atom. The van der Waals surface area contributed by atoms with Crippen LogP contribution in [0.4, 0.5) is 4.79 Å². The quantitative estimate of drug-likeness (QED) is 0.725. The van der Waals surface area contributed by atoms with Crippen LogP contribution in [-0.2, 0) is 16.1 Å². The molecule has 92 valence electrons. The standard InChI is InChI=1S/C11H15N3O3/c1-3-17-10(15)8-14-11(16)13-6-4-5-9(13)7-12(14)2/h4-6H,3,7-8H2,1-2H3. The molecule has 0 unspecified atom stereocenters. The maximum atomic E-state index is 12.1. The Morgan fingerprint density at radius 2 is 2.29 bits per heavy atom. The summed E-state index contributed by atoms with van der Waals surface area (Å²) in [4.78, 5) is 23.5. The molecule has 0 bridgehead atoms. The first-order chi connectivity index (χ1) is 8.13. The Hall–Kier alpha value is -1.82. The molecule has 6 nitrogen and oxygen atoms in total. The van der Waals surface area contributed by atoms with Crippen molar-refractivity contribution in [3.05, 3.63) is 24.0 Å². The van der Waals surface area contributed by atoms with Crippen molar-refractivity contribution in [1.82, 2.24) is 14.6 Å². The van der Waals surface area contributed by atoms with Gasteiger partial charge in [-0.2, -0.15) is 0 Å². The Kier molecular flexibility index (Phi) is 3.14. The molecule has 0 radical (unpaired) electrons. The second kappa shape index (κ2) is 4.58. The normalized spacial score (nSPS) is 15.9. The molecule has 0 atom stereocenters. The Bertz CT molecular complexity index is 441. The first-order valence-electron chi connectivity index (χ1n) is 5.48. The van der Waals surface area contributed by atoms with Crippen LogP contribution in [0.3, 0.4) is 0 Å². The largest absolute Gasteiger partial charge is 0.465 e. The SMILES string of the molecule is CCOC(=O)CN1C(=O)n2cccc2CN1C. The van der Waals surface area contributed by atoms with Gasteiger partial charge in [-0.05, 0) is 19.1 Å². The predicted molar refractivity (Wildman–Crippen MR) is 60.0 cm³/mol. The first kappa shape index (κ1) is 11.7. The number of carbonyl (C=O) groups excluding carboxylic acids is 2. The minimum Gasteiger partial charge on any atom is -0.465 e. The molecule has 1 aliphatic rings. The number of rotatable bonds is 3. The summed E-state index contributed by atoms with van der Waals surface area (Å²) in [7, 11) is 1.77. The van der Waals surface area contributed by atoms with Crippen LogP contribution in [0.25, 0.3) is 0 Å². The van der Waals surface area contributed by atoms with Gasteiger partial charge in [-0.1, -0.05) is 0 Å². The summed E-state index contributed by atoms with van der Waals surface area (Å²) in [5.74, 6) is -0.400. The number of nitrogens with zero attached hydrogens (tertiary/aromatic N) is 3. The zero-order chi connectivity index (χ0) is 12.4. The topological polar surface area (TPSA) is 54.8 Å². The lowest BCUT2D eigenvalue weighted by atomic mass is 10.4. The molecule has 0 fully saturated rings. The summed E-state index contributed by atoms with van der Waals surface area (Å²) in [6.07, 6.45) is 1.70. The Morgan fingerprint density at radius 3 is 3.00 bits per heavy atom. The highest BCUT2D eigenvalue weighted by atomic mass is 16.5. The predicted octanol–water partition coefficient (Wildman–Crippen LogP) is 0.682. The number of aromatic nitrogens is 1. The van der Waals surface area contributed by atoms with Gasteiger partial charge in [0.15, 0.2) is 0 Å². The minimum atomic E-state index is -0.400. The van der Waals surface area contributed by atoms with E-state index >= 15 is 0 Å². The highest BCUT2D eigenvalue weighted by molar-refractivity contribution is 5.83. The van der Waals surface area contributed by atoms with E-state index in [1.54, 1.807) is 29.7 Å². The van der Waals surface area contributed by atoms with Crippen LogP contribution in [0.2, 0.25) is 0 Å². The molecule has 1 aromatic rings. The molecule has 0 N–H and O–H groups in total. The smallest absolute Gasteiger partial charge is 0.343 e. The molecule has 1 aromatic heterocycles. The summed E-state index contributed by atoms with van der Waals surface area (Å²) >= 11 is 0. The molecule has 0 spiro atoms. The van der Waals surface area contributed by atoms with E-state index in [1.807, 2.05) is 12.1 Å². The first-order valence-corrected chi connectivity index (χ1v) is 5.48. The molecule has 2 rings (SSSR count). The fourth-order valence-corrected chi connectivity index (χ4v) is 1.84. The molecule has 0 saturated heterocycles. The van der Waals surface area contributed by atoms with Crippen LogP contribution in [0.1, 0.15) is 12.6 Å². The highest BCUT2D eigenvalue weighted by Gasteiger charge is 2.29. The molecule has 0 aromatic carbocycles. The van der Waals surface area contributed by atoms with Crippen molar-refractivity contribution in [2.45, 2.75) is 13.5 Å². The molecule has 17 heavy (non-hydrogen) atoms. The van der Waals surface area contributed by atoms with E-state index in [9.17, 15) is 9.59 Å². The van der Waals surface area contributed by atoms with Crippen LogP contribution >= 0.6 is 0 Å². The van der Waals surface area contributed by atoms with Gasteiger partial charge in [0.25, 0.3) is 0 Å². The van der Waals surface area contributed by atoms with Crippen molar-refractivity contribution < 1.29 is 14.3 Å². The lowest BCUT2D eigenvalue weighted by Crippen LogP contribution is -2.52. The second-order valence-electron chi connectivity index (χ2n) is 3.83. The minimum absolute atomic E-state index is 0.0548. The van der Waals surface area contributed by atoms with Crippen LogP contribution in [0, 0.1) is 0 Å². The van der Waals surface area contributed by atoms with Gasteiger partial charge in [0.1, 0.15) is 6.54 Å². The van der Waals surface area contributed by atoms with Crippen LogP contribution < -0.4 is 0 Å². The van der Waals surface area contributed by atoms with Gasteiger partial charge in [0, 0.05) is 18.9 Å². The summed E-state index contributed by atoms with van der Waals surface area (Å²) in [5.41, 5.74) is 0.914. The van der Waals surface area contributed by atoms with Crippen molar-refractivity contribution in [3.8, 4) is 0 Å². The number of hydrogen-bond acceptors (Lipinski definition) is 4. The van der Waals surface area contributed by atoms with Gasteiger partial charge in [-0.15, -0.1) is 0 Å². The van der Waals surface area contributed by atoms with Crippen molar-refractivity contribution >= 4 is 12.0 Å². The Labute approximate surface area is 99.3 Å². The molecular weight excluding hydrogens is 222 g/mol. The zero-order valence-electron chi connectivity index (χ0n) is 9.92. The fourth-order valence-electron chi connectivity index (χ4n) is 1.84. The molecule has 6 heteroatoms. The number of hydrogen-bond donors (Lipinski definition) is 0. The lowest BCUT2D eigenvalue weighted by Gasteiger charge is -2.35. The number of hydrazine groups is 1. The van der Waals surface area contributed by atoms with Crippen LogP contribution in [-0.4, -0.2) is 46.8 Å². The van der Waals surface area contributed by atoms with Gasteiger partial charge in [-0.3, -0.25) is 9.36 Å². The third kappa shape index (κ3) is 2.16. The van der Waals surface area contributed by atoms with Gasteiger partial charge in [-0.25, -0.2) is 14.8 Å². The van der Waals surface area contributed by atoms with E-state index < -0.39 is 5.97 Å². The van der Waals surface area contributed by atoms with Crippen molar-refractivity contribution in [1.29, 1.82) is 0 Å². The molecule has 0 aliphatic carbocycles. The molecule has 1 aliphatic heterocycles. The number of fused-ring (bicyclic) bond motifs is 1. The van der Waals surface area contributed by atoms with Crippen molar-refractivity contribution in [2.24, 2.45) is 0 Å². The molecule has 1 amide bonds.